The van der Waals surface area contributed by atoms with Gasteiger partial charge in [0.1, 0.15) is 18.2 Å². The van der Waals surface area contributed by atoms with Crippen molar-refractivity contribution in [3.8, 4) is 5.75 Å². The molecule has 0 N–H and O–H groups in total. The Morgan fingerprint density at radius 1 is 1.12 bits per heavy atom. The Bertz CT molecular complexity index is 513. The summed E-state index contributed by atoms with van der Waals surface area (Å²) in [4.78, 5) is 0. The molecule has 0 amide bonds. The van der Waals surface area contributed by atoms with Gasteiger partial charge in [0, 0.05) is 10.5 Å². The van der Waals surface area contributed by atoms with E-state index in [1.165, 1.54) is 18.2 Å². The van der Waals surface area contributed by atoms with Crippen molar-refractivity contribution in [3.63, 3.8) is 0 Å². The summed E-state index contributed by atoms with van der Waals surface area (Å²) in [5.74, 6) is -0.00482. The minimum atomic E-state index is -0.361. The van der Waals surface area contributed by atoms with Crippen molar-refractivity contribution < 1.29 is 9.13 Å². The van der Waals surface area contributed by atoms with Gasteiger partial charge in [-0.3, -0.25) is 0 Å². The maximum Gasteiger partial charge on any atom is 0.141 e. The van der Waals surface area contributed by atoms with Crippen LogP contribution in [0.2, 0.25) is 5.02 Å². The van der Waals surface area contributed by atoms with E-state index in [9.17, 15) is 4.39 Å². The van der Waals surface area contributed by atoms with Gasteiger partial charge in [0.05, 0.1) is 5.02 Å². The molecule has 0 aliphatic heterocycles. The minimum Gasteiger partial charge on any atom is -0.487 e. The molecule has 0 heterocycles. The highest BCUT2D eigenvalue weighted by Crippen LogP contribution is 2.25. The smallest absolute Gasteiger partial charge is 0.141 e. The molecule has 0 radical (unpaired) electrons. The summed E-state index contributed by atoms with van der Waals surface area (Å²) in [7, 11) is 0. The third-order valence-corrected chi connectivity index (χ3v) is 3.04. The van der Waals surface area contributed by atoms with E-state index in [-0.39, 0.29) is 5.82 Å². The van der Waals surface area contributed by atoms with Crippen molar-refractivity contribution in [2.24, 2.45) is 0 Å². The Kier molecular flexibility index (Phi) is 4.02. The molecular weight excluding hydrogens is 306 g/mol. The number of benzene rings is 2. The third kappa shape index (κ3) is 3.45. The van der Waals surface area contributed by atoms with Crippen LogP contribution in [0.15, 0.2) is 46.9 Å². The molecule has 4 heteroatoms. The summed E-state index contributed by atoms with van der Waals surface area (Å²) in [6.07, 6.45) is 0. The zero-order valence-electron chi connectivity index (χ0n) is 8.79. The molecule has 0 aromatic heterocycles. The fourth-order valence-corrected chi connectivity index (χ4v) is 1.77. The summed E-state index contributed by atoms with van der Waals surface area (Å²) < 4.78 is 19.4. The molecule has 0 fully saturated rings. The Morgan fingerprint density at radius 3 is 2.53 bits per heavy atom. The quantitative estimate of drug-likeness (QED) is 0.789. The van der Waals surface area contributed by atoms with Crippen LogP contribution in [0.3, 0.4) is 0 Å². The van der Waals surface area contributed by atoms with Crippen molar-refractivity contribution >= 4 is 27.5 Å². The average molecular weight is 316 g/mol. The lowest BCUT2D eigenvalue weighted by Crippen LogP contribution is -1.96. The van der Waals surface area contributed by atoms with Gasteiger partial charge in [0.2, 0.25) is 0 Å². The maximum atomic E-state index is 13.0. The Hall–Kier alpha value is -1.06. The maximum absolute atomic E-state index is 13.0. The number of halogens is 3. The first-order chi connectivity index (χ1) is 8.15. The highest BCUT2D eigenvalue weighted by atomic mass is 79.9. The van der Waals surface area contributed by atoms with Gasteiger partial charge in [-0.1, -0.05) is 39.7 Å². The largest absolute Gasteiger partial charge is 0.487 e. The predicted octanol–water partition coefficient (Wildman–Crippen LogP) is 4.82. The van der Waals surface area contributed by atoms with E-state index in [1.807, 2.05) is 24.3 Å². The summed E-state index contributed by atoms with van der Waals surface area (Å²) in [5.41, 5.74) is 0.994. The Balaban J connectivity index is 2.07. The van der Waals surface area contributed by atoms with Crippen molar-refractivity contribution in [2.45, 2.75) is 6.61 Å². The monoisotopic (exact) mass is 314 g/mol. The number of rotatable bonds is 3. The van der Waals surface area contributed by atoms with Crippen molar-refractivity contribution in [2.75, 3.05) is 0 Å². The molecule has 88 valence electrons. The van der Waals surface area contributed by atoms with Gasteiger partial charge in [0.15, 0.2) is 0 Å². The van der Waals surface area contributed by atoms with Crippen molar-refractivity contribution in [1.29, 1.82) is 0 Å². The molecule has 2 aromatic carbocycles. The standard InChI is InChI=1S/C13H9BrClFO/c14-10-3-1-9(2-4-10)8-17-13-7-11(16)5-6-12(13)15/h1-7H,8H2. The minimum absolute atomic E-state index is 0.356. The van der Waals surface area contributed by atoms with E-state index >= 15 is 0 Å². The number of ether oxygens (including phenoxy) is 1. The van der Waals surface area contributed by atoms with Crippen LogP contribution in [0.4, 0.5) is 4.39 Å². The summed E-state index contributed by atoms with van der Waals surface area (Å²) >= 11 is 9.24. The molecule has 1 nitrogen and oxygen atoms in total. The molecule has 0 aliphatic rings. The third-order valence-electron chi connectivity index (χ3n) is 2.20. The summed E-state index contributed by atoms with van der Waals surface area (Å²) in [5, 5.41) is 0.406. The molecule has 0 aliphatic carbocycles. The van der Waals surface area contributed by atoms with Crippen molar-refractivity contribution in [1.82, 2.24) is 0 Å². The zero-order valence-corrected chi connectivity index (χ0v) is 11.1. The first-order valence-electron chi connectivity index (χ1n) is 4.97. The molecule has 0 spiro atoms. The molecule has 17 heavy (non-hydrogen) atoms. The molecule has 0 unspecified atom stereocenters. The molecule has 0 atom stereocenters. The van der Waals surface area contributed by atoms with Crippen LogP contribution in [0, 0.1) is 5.82 Å². The molecule has 0 bridgehead atoms. The van der Waals surface area contributed by atoms with Gasteiger partial charge in [-0.05, 0) is 29.8 Å². The van der Waals surface area contributed by atoms with Crippen molar-refractivity contribution in [3.05, 3.63) is 63.3 Å². The average Bonchev–Trinajstić information content (AvgIpc) is 2.32. The molecule has 2 rings (SSSR count). The second kappa shape index (κ2) is 5.52. The number of hydrogen-bond donors (Lipinski definition) is 0. The second-order valence-electron chi connectivity index (χ2n) is 3.49. The van der Waals surface area contributed by atoms with Crippen LogP contribution in [0.25, 0.3) is 0 Å². The molecule has 0 saturated heterocycles. The number of hydrogen-bond acceptors (Lipinski definition) is 1. The fraction of sp³-hybridized carbons (Fsp3) is 0.0769. The van der Waals surface area contributed by atoms with Crippen LogP contribution >= 0.6 is 27.5 Å². The van der Waals surface area contributed by atoms with Crippen LogP contribution in [0.1, 0.15) is 5.56 Å². The van der Waals surface area contributed by atoms with E-state index < -0.39 is 0 Å². The SMILES string of the molecule is Fc1ccc(Cl)c(OCc2ccc(Br)cc2)c1. The normalized spacial score (nSPS) is 10.3. The van der Waals surface area contributed by atoms with E-state index in [2.05, 4.69) is 15.9 Å². The van der Waals surface area contributed by atoms with Gasteiger partial charge in [-0.15, -0.1) is 0 Å². The molecule has 2 aromatic rings. The Morgan fingerprint density at radius 2 is 1.82 bits per heavy atom. The second-order valence-corrected chi connectivity index (χ2v) is 4.81. The van der Waals surface area contributed by atoms with Gasteiger partial charge in [-0.25, -0.2) is 4.39 Å². The van der Waals surface area contributed by atoms with Crippen LogP contribution in [0.5, 0.6) is 5.75 Å². The van der Waals surface area contributed by atoms with E-state index in [0.29, 0.717) is 17.4 Å². The lowest BCUT2D eigenvalue weighted by atomic mass is 10.2. The summed E-state index contributed by atoms with van der Waals surface area (Å²) in [6, 6.07) is 11.8. The molecule has 0 saturated carbocycles. The predicted molar refractivity (Wildman–Crippen MR) is 69.9 cm³/mol. The lowest BCUT2D eigenvalue weighted by Gasteiger charge is -2.08. The van der Waals surface area contributed by atoms with Crippen LogP contribution in [-0.2, 0) is 6.61 Å². The van der Waals surface area contributed by atoms with Gasteiger partial charge in [0.25, 0.3) is 0 Å². The van der Waals surface area contributed by atoms with Crippen LogP contribution in [-0.4, -0.2) is 0 Å². The lowest BCUT2D eigenvalue weighted by molar-refractivity contribution is 0.305. The van der Waals surface area contributed by atoms with Gasteiger partial charge < -0.3 is 4.74 Å². The highest BCUT2D eigenvalue weighted by Gasteiger charge is 2.03. The van der Waals surface area contributed by atoms with E-state index in [1.54, 1.807) is 0 Å². The van der Waals surface area contributed by atoms with Gasteiger partial charge in [-0.2, -0.15) is 0 Å². The topological polar surface area (TPSA) is 9.23 Å². The van der Waals surface area contributed by atoms with E-state index in [4.69, 9.17) is 16.3 Å². The zero-order chi connectivity index (χ0) is 12.3. The first kappa shape index (κ1) is 12.4. The first-order valence-corrected chi connectivity index (χ1v) is 6.14. The summed E-state index contributed by atoms with van der Waals surface area (Å²) in [6.45, 7) is 0.358. The molecular formula is C13H9BrClFO. The van der Waals surface area contributed by atoms with Crippen LogP contribution < -0.4 is 4.74 Å². The fourth-order valence-electron chi connectivity index (χ4n) is 1.33. The Labute approximate surface area is 112 Å². The van der Waals surface area contributed by atoms with E-state index in [0.717, 1.165) is 10.0 Å². The van der Waals surface area contributed by atoms with Gasteiger partial charge >= 0.3 is 0 Å². The highest BCUT2D eigenvalue weighted by molar-refractivity contribution is 9.10.